The molecule has 0 aliphatic heterocycles. The molecule has 0 saturated heterocycles. The first kappa shape index (κ1) is 9.45. The van der Waals surface area contributed by atoms with E-state index in [1.54, 1.807) is 0 Å². The average molecular weight is 196 g/mol. The third-order valence-corrected chi connectivity index (χ3v) is 2.66. The highest BCUT2D eigenvalue weighted by molar-refractivity contribution is 5.25. The van der Waals surface area contributed by atoms with Gasteiger partial charge in [-0.15, -0.1) is 0 Å². The summed E-state index contributed by atoms with van der Waals surface area (Å²) in [5.74, 6) is 1.75. The Labute approximate surface area is 83.3 Å². The number of nitrogens with zero attached hydrogens (tertiary/aromatic N) is 3. The fourth-order valence-electron chi connectivity index (χ4n) is 1.32. The summed E-state index contributed by atoms with van der Waals surface area (Å²) in [6.45, 7) is 2.90. The second kappa shape index (κ2) is 3.57. The summed E-state index contributed by atoms with van der Waals surface area (Å²) in [7, 11) is 1.93. The summed E-state index contributed by atoms with van der Waals surface area (Å²) in [5.41, 5.74) is 5.94. The molecule has 0 spiro atoms. The first-order valence-electron chi connectivity index (χ1n) is 5.02. The molecule has 14 heavy (non-hydrogen) atoms. The highest BCUT2D eigenvalue weighted by Crippen LogP contribution is 2.38. The molecule has 2 rings (SSSR count). The maximum atomic E-state index is 5.94. The summed E-state index contributed by atoms with van der Waals surface area (Å²) >= 11 is 0. The molecule has 1 aromatic heterocycles. The van der Waals surface area contributed by atoms with Gasteiger partial charge in [0.05, 0.1) is 6.04 Å². The Balaban J connectivity index is 2.08. The Morgan fingerprint density at radius 3 is 2.93 bits per heavy atom. The van der Waals surface area contributed by atoms with Crippen LogP contribution in [0.5, 0.6) is 0 Å². The van der Waals surface area contributed by atoms with Crippen LogP contribution < -0.4 is 10.6 Å². The molecule has 1 aromatic rings. The lowest BCUT2D eigenvalue weighted by molar-refractivity contribution is 0.343. The fraction of sp³-hybridized carbons (Fsp3) is 0.778. The van der Waals surface area contributed by atoms with Crippen molar-refractivity contribution >= 4 is 5.95 Å². The SMILES string of the molecule is CCN(C)c1noc(C(N)C2CC2)n1. The molecular weight excluding hydrogens is 180 g/mol. The normalized spacial score (nSPS) is 18.2. The number of hydrogen-bond donors (Lipinski definition) is 1. The van der Waals surface area contributed by atoms with E-state index in [2.05, 4.69) is 10.1 Å². The van der Waals surface area contributed by atoms with Crippen molar-refractivity contribution in [2.24, 2.45) is 11.7 Å². The molecule has 1 unspecified atom stereocenters. The Morgan fingerprint density at radius 2 is 2.36 bits per heavy atom. The van der Waals surface area contributed by atoms with Gasteiger partial charge in [0.2, 0.25) is 5.89 Å². The van der Waals surface area contributed by atoms with E-state index in [9.17, 15) is 0 Å². The van der Waals surface area contributed by atoms with Gasteiger partial charge in [-0.05, 0) is 30.8 Å². The van der Waals surface area contributed by atoms with E-state index >= 15 is 0 Å². The van der Waals surface area contributed by atoms with Crippen molar-refractivity contribution in [1.82, 2.24) is 10.1 Å². The molecule has 5 heteroatoms. The van der Waals surface area contributed by atoms with Crippen LogP contribution in [0, 0.1) is 5.92 Å². The van der Waals surface area contributed by atoms with E-state index in [0.29, 0.717) is 17.8 Å². The Hall–Kier alpha value is -1.10. The highest BCUT2D eigenvalue weighted by Gasteiger charge is 2.33. The van der Waals surface area contributed by atoms with Gasteiger partial charge in [-0.2, -0.15) is 4.98 Å². The maximum Gasteiger partial charge on any atom is 0.265 e. The largest absolute Gasteiger partial charge is 0.342 e. The van der Waals surface area contributed by atoms with Crippen LogP contribution in [0.1, 0.15) is 31.7 Å². The van der Waals surface area contributed by atoms with E-state index in [1.165, 1.54) is 12.8 Å². The molecule has 1 aliphatic rings. The van der Waals surface area contributed by atoms with Crippen LogP contribution in [-0.4, -0.2) is 23.7 Å². The van der Waals surface area contributed by atoms with Crippen molar-refractivity contribution in [3.63, 3.8) is 0 Å². The van der Waals surface area contributed by atoms with Gasteiger partial charge < -0.3 is 15.2 Å². The van der Waals surface area contributed by atoms with Crippen LogP contribution in [0.4, 0.5) is 5.95 Å². The molecule has 1 heterocycles. The molecule has 0 bridgehead atoms. The lowest BCUT2D eigenvalue weighted by Crippen LogP contribution is -2.18. The molecule has 0 aromatic carbocycles. The third-order valence-electron chi connectivity index (χ3n) is 2.66. The van der Waals surface area contributed by atoms with Crippen molar-refractivity contribution in [3.8, 4) is 0 Å². The number of nitrogens with two attached hydrogens (primary N) is 1. The zero-order chi connectivity index (χ0) is 10.1. The average Bonchev–Trinajstić information content (AvgIpc) is 2.93. The van der Waals surface area contributed by atoms with E-state index < -0.39 is 0 Å². The number of rotatable bonds is 4. The van der Waals surface area contributed by atoms with Crippen LogP contribution in [-0.2, 0) is 0 Å². The van der Waals surface area contributed by atoms with Crippen molar-refractivity contribution in [2.45, 2.75) is 25.8 Å². The summed E-state index contributed by atoms with van der Waals surface area (Å²) in [4.78, 5) is 6.19. The Kier molecular flexibility index (Phi) is 2.41. The van der Waals surface area contributed by atoms with Crippen LogP contribution in [0.15, 0.2) is 4.52 Å². The quantitative estimate of drug-likeness (QED) is 0.776. The minimum absolute atomic E-state index is 0.0680. The Bertz CT molecular complexity index is 308. The van der Waals surface area contributed by atoms with Crippen molar-refractivity contribution in [1.29, 1.82) is 0 Å². The zero-order valence-electron chi connectivity index (χ0n) is 8.60. The smallest absolute Gasteiger partial charge is 0.265 e. The van der Waals surface area contributed by atoms with Crippen molar-refractivity contribution < 1.29 is 4.52 Å². The molecule has 78 valence electrons. The molecule has 0 radical (unpaired) electrons. The summed E-state index contributed by atoms with van der Waals surface area (Å²) in [5, 5.41) is 3.88. The summed E-state index contributed by atoms with van der Waals surface area (Å²) in [6.07, 6.45) is 2.37. The lowest BCUT2D eigenvalue weighted by Gasteiger charge is -2.09. The second-order valence-electron chi connectivity index (χ2n) is 3.81. The number of aromatic nitrogens is 2. The van der Waals surface area contributed by atoms with Gasteiger partial charge in [-0.25, -0.2) is 0 Å². The first-order chi connectivity index (χ1) is 6.72. The van der Waals surface area contributed by atoms with Gasteiger partial charge in [0.25, 0.3) is 5.95 Å². The summed E-state index contributed by atoms with van der Waals surface area (Å²) < 4.78 is 5.12. The van der Waals surface area contributed by atoms with Gasteiger partial charge >= 0.3 is 0 Å². The number of hydrogen-bond acceptors (Lipinski definition) is 5. The minimum atomic E-state index is -0.0680. The Morgan fingerprint density at radius 1 is 1.64 bits per heavy atom. The van der Waals surface area contributed by atoms with E-state index in [1.807, 2.05) is 18.9 Å². The van der Waals surface area contributed by atoms with Gasteiger partial charge in [-0.3, -0.25) is 0 Å². The minimum Gasteiger partial charge on any atom is -0.342 e. The molecule has 1 fully saturated rings. The van der Waals surface area contributed by atoms with Crippen LogP contribution >= 0.6 is 0 Å². The standard InChI is InChI=1S/C9H16N4O/c1-3-13(2)9-11-8(14-12-9)7(10)6-4-5-6/h6-7H,3-5,10H2,1-2H3. The van der Waals surface area contributed by atoms with Gasteiger partial charge in [0.15, 0.2) is 0 Å². The molecule has 2 N–H and O–H groups in total. The van der Waals surface area contributed by atoms with Crippen LogP contribution in [0.3, 0.4) is 0 Å². The van der Waals surface area contributed by atoms with E-state index in [-0.39, 0.29) is 6.04 Å². The topological polar surface area (TPSA) is 68.2 Å². The maximum absolute atomic E-state index is 5.94. The van der Waals surface area contributed by atoms with Gasteiger partial charge in [0.1, 0.15) is 0 Å². The predicted octanol–water partition coefficient (Wildman–Crippen LogP) is 0.936. The highest BCUT2D eigenvalue weighted by atomic mass is 16.5. The third kappa shape index (κ3) is 1.72. The fourth-order valence-corrected chi connectivity index (χ4v) is 1.32. The summed E-state index contributed by atoms with van der Waals surface area (Å²) in [6, 6.07) is -0.0680. The van der Waals surface area contributed by atoms with Crippen LogP contribution in [0.25, 0.3) is 0 Å². The second-order valence-corrected chi connectivity index (χ2v) is 3.81. The van der Waals surface area contributed by atoms with Crippen LogP contribution in [0.2, 0.25) is 0 Å². The van der Waals surface area contributed by atoms with E-state index in [4.69, 9.17) is 10.3 Å². The zero-order valence-corrected chi connectivity index (χ0v) is 8.60. The van der Waals surface area contributed by atoms with Crippen molar-refractivity contribution in [2.75, 3.05) is 18.5 Å². The monoisotopic (exact) mass is 196 g/mol. The number of anilines is 1. The van der Waals surface area contributed by atoms with E-state index in [0.717, 1.165) is 6.54 Å². The lowest BCUT2D eigenvalue weighted by atomic mass is 10.2. The predicted molar refractivity (Wildman–Crippen MR) is 52.9 cm³/mol. The van der Waals surface area contributed by atoms with Gasteiger partial charge in [-0.1, -0.05) is 0 Å². The van der Waals surface area contributed by atoms with Crippen molar-refractivity contribution in [3.05, 3.63) is 5.89 Å². The molecule has 5 nitrogen and oxygen atoms in total. The molecule has 1 saturated carbocycles. The first-order valence-corrected chi connectivity index (χ1v) is 5.02. The molecular formula is C9H16N4O. The molecule has 1 atom stereocenters. The van der Waals surface area contributed by atoms with Gasteiger partial charge in [0, 0.05) is 13.6 Å². The molecule has 0 amide bonds. The molecule has 1 aliphatic carbocycles.